The van der Waals surface area contributed by atoms with Crippen LogP contribution in [0.15, 0.2) is 11.5 Å². The van der Waals surface area contributed by atoms with Crippen LogP contribution in [0.5, 0.6) is 0 Å². The second-order valence-corrected chi connectivity index (χ2v) is 5.02. The standard InChI is InChI=1S/C10H18NO7P/c1-5-17-19(14,18-6-2)8(11)7(9(12)15-3)10(13)16-4/h11-12H,5-6H2,1-4H3/b9-7-,11-8?. The maximum atomic E-state index is 12.3. The number of hydrogen-bond donors (Lipinski definition) is 2. The van der Waals surface area contributed by atoms with Crippen molar-refractivity contribution >= 4 is 19.0 Å². The largest absolute Gasteiger partial charge is 0.480 e. The Hall–Kier alpha value is -1.37. The van der Waals surface area contributed by atoms with Crippen LogP contribution in [-0.4, -0.2) is 44.0 Å². The molecule has 0 saturated heterocycles. The van der Waals surface area contributed by atoms with Gasteiger partial charge in [0.2, 0.25) is 0 Å². The highest BCUT2D eigenvalue weighted by Crippen LogP contribution is 2.51. The molecular weight excluding hydrogens is 277 g/mol. The summed E-state index contributed by atoms with van der Waals surface area (Å²) < 4.78 is 31.0. The second-order valence-electron chi connectivity index (χ2n) is 3.06. The fourth-order valence-corrected chi connectivity index (χ4v) is 2.61. The van der Waals surface area contributed by atoms with Gasteiger partial charge >= 0.3 is 13.6 Å². The van der Waals surface area contributed by atoms with Crippen LogP contribution < -0.4 is 0 Å². The van der Waals surface area contributed by atoms with Gasteiger partial charge in [-0.15, -0.1) is 0 Å². The first-order valence-corrected chi connectivity index (χ1v) is 6.96. The van der Waals surface area contributed by atoms with E-state index in [1.807, 2.05) is 0 Å². The molecule has 0 spiro atoms. The van der Waals surface area contributed by atoms with E-state index < -0.39 is 30.5 Å². The molecule has 0 radical (unpaired) electrons. The normalized spacial score (nSPS) is 12.6. The molecule has 0 aliphatic carbocycles. The molecule has 0 fully saturated rings. The number of rotatable bonds is 8. The van der Waals surface area contributed by atoms with Crippen molar-refractivity contribution in [2.75, 3.05) is 27.4 Å². The molecule has 0 aromatic heterocycles. The molecule has 0 heterocycles. The minimum Gasteiger partial charge on any atom is -0.480 e. The Morgan fingerprint density at radius 3 is 1.95 bits per heavy atom. The Bertz CT molecular complexity index is 408. The van der Waals surface area contributed by atoms with Gasteiger partial charge in [0.1, 0.15) is 0 Å². The molecule has 0 atom stereocenters. The van der Waals surface area contributed by atoms with Gasteiger partial charge in [-0.05, 0) is 13.8 Å². The Balaban J connectivity index is 5.64. The van der Waals surface area contributed by atoms with E-state index in [4.69, 9.17) is 14.5 Å². The Labute approximate surface area is 111 Å². The van der Waals surface area contributed by atoms with Crippen molar-refractivity contribution in [3.63, 3.8) is 0 Å². The summed E-state index contributed by atoms with van der Waals surface area (Å²) in [5.41, 5.74) is -1.52. The lowest BCUT2D eigenvalue weighted by atomic mass is 10.3. The Morgan fingerprint density at radius 1 is 1.16 bits per heavy atom. The third-order valence-electron chi connectivity index (χ3n) is 1.91. The van der Waals surface area contributed by atoms with Gasteiger partial charge in [-0.1, -0.05) is 0 Å². The topological polar surface area (TPSA) is 115 Å². The quantitative estimate of drug-likeness (QED) is 0.231. The molecule has 0 amide bonds. The minimum atomic E-state index is -4.02. The van der Waals surface area contributed by atoms with E-state index in [-0.39, 0.29) is 13.2 Å². The zero-order chi connectivity index (χ0) is 15.1. The van der Waals surface area contributed by atoms with Crippen molar-refractivity contribution in [1.82, 2.24) is 0 Å². The fourth-order valence-electron chi connectivity index (χ4n) is 1.13. The molecule has 0 aromatic rings. The molecule has 0 saturated carbocycles. The van der Waals surface area contributed by atoms with E-state index in [1.54, 1.807) is 13.8 Å². The number of hydrogen-bond acceptors (Lipinski definition) is 8. The highest BCUT2D eigenvalue weighted by molar-refractivity contribution is 7.73. The molecule has 2 N–H and O–H groups in total. The molecule has 110 valence electrons. The first-order chi connectivity index (χ1) is 8.87. The average molecular weight is 295 g/mol. The van der Waals surface area contributed by atoms with Gasteiger partial charge in [0.15, 0.2) is 11.0 Å². The number of carbonyl (C=O) groups is 1. The van der Waals surface area contributed by atoms with Crippen molar-refractivity contribution in [2.45, 2.75) is 13.8 Å². The molecule has 9 heteroatoms. The number of aliphatic hydroxyl groups excluding tert-OH is 1. The SMILES string of the molecule is CCOP(=O)(OCC)C(=N)/C(C(=O)OC)=C(\O)OC. The predicted molar refractivity (Wildman–Crippen MR) is 67.3 cm³/mol. The summed E-state index contributed by atoms with van der Waals surface area (Å²) in [7, 11) is -1.89. The van der Waals surface area contributed by atoms with Gasteiger partial charge in [0.25, 0.3) is 5.95 Å². The fraction of sp³-hybridized carbons (Fsp3) is 0.600. The van der Waals surface area contributed by atoms with Gasteiger partial charge in [-0.3, -0.25) is 9.97 Å². The third-order valence-corrected chi connectivity index (χ3v) is 3.87. The van der Waals surface area contributed by atoms with Crippen LogP contribution in [0, 0.1) is 5.41 Å². The summed E-state index contributed by atoms with van der Waals surface area (Å²) in [4.78, 5) is 11.5. The van der Waals surface area contributed by atoms with E-state index >= 15 is 0 Å². The summed E-state index contributed by atoms with van der Waals surface area (Å²) in [5, 5.41) is 17.2. The number of methoxy groups -OCH3 is 2. The second kappa shape index (κ2) is 7.93. The zero-order valence-corrected chi connectivity index (χ0v) is 12.2. The van der Waals surface area contributed by atoms with Crippen LogP contribution >= 0.6 is 7.60 Å². The predicted octanol–water partition coefficient (Wildman–Crippen LogP) is 1.82. The summed E-state index contributed by atoms with van der Waals surface area (Å²) in [6, 6.07) is 0. The smallest absolute Gasteiger partial charge is 0.380 e. The number of aliphatic hydroxyl groups is 1. The number of carbonyl (C=O) groups excluding carboxylic acids is 1. The van der Waals surface area contributed by atoms with E-state index in [2.05, 4.69) is 9.47 Å². The molecule has 0 aliphatic rings. The first-order valence-electron chi connectivity index (χ1n) is 5.42. The molecule has 0 aliphatic heterocycles. The molecule has 0 rings (SSSR count). The van der Waals surface area contributed by atoms with Gasteiger partial charge in [0, 0.05) is 0 Å². The lowest BCUT2D eigenvalue weighted by Gasteiger charge is -2.18. The van der Waals surface area contributed by atoms with Crippen LogP contribution in [0.4, 0.5) is 0 Å². The minimum absolute atomic E-state index is 0.00184. The van der Waals surface area contributed by atoms with Crippen molar-refractivity contribution < 1.29 is 33.0 Å². The summed E-state index contributed by atoms with van der Waals surface area (Å²) in [6.45, 7) is 3.11. The lowest BCUT2D eigenvalue weighted by Crippen LogP contribution is -2.19. The summed E-state index contributed by atoms with van der Waals surface area (Å²) >= 11 is 0. The molecule has 0 bridgehead atoms. The Kier molecular flexibility index (Phi) is 7.36. The van der Waals surface area contributed by atoms with Gasteiger partial charge in [-0.2, -0.15) is 0 Å². The van der Waals surface area contributed by atoms with Crippen LogP contribution in [0.1, 0.15) is 13.8 Å². The van der Waals surface area contributed by atoms with E-state index in [1.165, 1.54) is 0 Å². The molecule has 0 unspecified atom stereocenters. The number of esters is 1. The summed E-state index contributed by atoms with van der Waals surface area (Å²) in [6.07, 6.45) is 0. The van der Waals surface area contributed by atoms with Crippen LogP contribution in [0.3, 0.4) is 0 Å². The molecule has 8 nitrogen and oxygen atoms in total. The van der Waals surface area contributed by atoms with Crippen molar-refractivity contribution in [2.24, 2.45) is 0 Å². The maximum absolute atomic E-state index is 12.3. The monoisotopic (exact) mass is 295 g/mol. The highest BCUT2D eigenvalue weighted by Gasteiger charge is 2.39. The molecular formula is C10H18NO7P. The number of nitrogens with one attached hydrogen (secondary N) is 1. The molecule has 19 heavy (non-hydrogen) atoms. The van der Waals surface area contributed by atoms with Crippen LogP contribution in [-0.2, 0) is 27.9 Å². The zero-order valence-electron chi connectivity index (χ0n) is 11.3. The average Bonchev–Trinajstić information content (AvgIpc) is 2.38. The lowest BCUT2D eigenvalue weighted by molar-refractivity contribution is -0.136. The highest BCUT2D eigenvalue weighted by atomic mass is 31.2. The van der Waals surface area contributed by atoms with E-state index in [0.717, 1.165) is 14.2 Å². The van der Waals surface area contributed by atoms with Gasteiger partial charge < -0.3 is 23.6 Å². The first kappa shape index (κ1) is 17.6. The van der Waals surface area contributed by atoms with Gasteiger partial charge in [0.05, 0.1) is 27.4 Å². The van der Waals surface area contributed by atoms with E-state index in [9.17, 15) is 14.5 Å². The maximum Gasteiger partial charge on any atom is 0.380 e. The van der Waals surface area contributed by atoms with Crippen LogP contribution in [0.2, 0.25) is 0 Å². The number of ether oxygens (including phenoxy) is 2. The molecule has 0 aromatic carbocycles. The van der Waals surface area contributed by atoms with Crippen molar-refractivity contribution in [1.29, 1.82) is 5.41 Å². The summed E-state index contributed by atoms with van der Waals surface area (Å²) in [5.74, 6) is -1.97. The van der Waals surface area contributed by atoms with Crippen LogP contribution in [0.25, 0.3) is 0 Å². The van der Waals surface area contributed by atoms with Gasteiger partial charge in [-0.25, -0.2) is 4.79 Å². The third kappa shape index (κ3) is 4.34. The Morgan fingerprint density at radius 2 is 1.63 bits per heavy atom. The van der Waals surface area contributed by atoms with Crippen molar-refractivity contribution in [3.8, 4) is 0 Å². The van der Waals surface area contributed by atoms with Crippen molar-refractivity contribution in [3.05, 3.63) is 11.5 Å². The van der Waals surface area contributed by atoms with E-state index in [0.29, 0.717) is 0 Å².